The number of benzene rings is 1. The Morgan fingerprint density at radius 2 is 2.12 bits per heavy atom. The highest BCUT2D eigenvalue weighted by Gasteiger charge is 2.71. The summed E-state index contributed by atoms with van der Waals surface area (Å²) in [6.07, 6.45) is 6.91. The minimum Gasteiger partial charge on any atom is -0.241 e. The van der Waals surface area contributed by atoms with Crippen LogP contribution in [0.3, 0.4) is 0 Å². The SMILES string of the molecule is CC1(C)[C@@H]2CC[C@]13CS(=O)(=O)N(Cc1cccc(-n4cccn4)c1)[C@@H]3C2. The van der Waals surface area contributed by atoms with Gasteiger partial charge in [0.1, 0.15) is 0 Å². The smallest absolute Gasteiger partial charge is 0.215 e. The van der Waals surface area contributed by atoms with Crippen LogP contribution in [0.15, 0.2) is 42.7 Å². The van der Waals surface area contributed by atoms with Gasteiger partial charge in [0, 0.05) is 30.4 Å². The molecule has 0 amide bonds. The summed E-state index contributed by atoms with van der Waals surface area (Å²) in [6.45, 7) is 5.05. The van der Waals surface area contributed by atoms with Crippen LogP contribution in [-0.4, -0.2) is 34.3 Å². The number of aromatic nitrogens is 2. The van der Waals surface area contributed by atoms with Gasteiger partial charge in [0.05, 0.1) is 11.4 Å². The van der Waals surface area contributed by atoms with Crippen molar-refractivity contribution in [2.75, 3.05) is 5.75 Å². The van der Waals surface area contributed by atoms with E-state index < -0.39 is 10.0 Å². The van der Waals surface area contributed by atoms with Crippen molar-refractivity contribution in [3.05, 3.63) is 48.3 Å². The normalized spacial score (nSPS) is 34.2. The summed E-state index contributed by atoms with van der Waals surface area (Å²) >= 11 is 0. The number of fused-ring (bicyclic) bond motifs is 1. The average Bonchev–Trinajstić information content (AvgIpc) is 3.30. The van der Waals surface area contributed by atoms with E-state index in [4.69, 9.17) is 0 Å². The van der Waals surface area contributed by atoms with Gasteiger partial charge in [0.2, 0.25) is 10.0 Å². The second-order valence-electron chi connectivity index (χ2n) is 8.79. The maximum Gasteiger partial charge on any atom is 0.215 e. The molecule has 5 rings (SSSR count). The summed E-state index contributed by atoms with van der Waals surface area (Å²) < 4.78 is 29.8. The second-order valence-corrected chi connectivity index (χ2v) is 10.7. The maximum atomic E-state index is 13.1. The third-order valence-electron chi connectivity index (χ3n) is 7.55. The monoisotopic (exact) mass is 371 g/mol. The Hall–Kier alpha value is -1.66. The summed E-state index contributed by atoms with van der Waals surface area (Å²) in [6, 6.07) is 10.1. The highest BCUT2D eigenvalue weighted by Crippen LogP contribution is 2.70. The van der Waals surface area contributed by atoms with Gasteiger partial charge in [0.25, 0.3) is 0 Å². The molecule has 5 nitrogen and oxygen atoms in total. The van der Waals surface area contributed by atoms with Gasteiger partial charge in [0.15, 0.2) is 0 Å². The molecule has 138 valence electrons. The van der Waals surface area contributed by atoms with E-state index >= 15 is 0 Å². The molecule has 26 heavy (non-hydrogen) atoms. The third-order valence-corrected chi connectivity index (χ3v) is 9.53. The lowest BCUT2D eigenvalue weighted by molar-refractivity contribution is 0.112. The lowest BCUT2D eigenvalue weighted by Crippen LogP contribution is -2.41. The van der Waals surface area contributed by atoms with Gasteiger partial charge in [-0.2, -0.15) is 9.40 Å². The molecule has 0 unspecified atom stereocenters. The minimum atomic E-state index is -3.22. The van der Waals surface area contributed by atoms with Gasteiger partial charge < -0.3 is 0 Å². The zero-order valence-corrected chi connectivity index (χ0v) is 16.1. The standard InChI is InChI=1S/C20H25N3O2S/c1-19(2)16-7-8-20(19)14-26(24,25)23(18(20)12-16)13-15-5-3-6-17(11-15)22-10-4-9-21-22/h3-6,9-11,16,18H,7-8,12-14H2,1-2H3/t16-,18-,20-/m1/s1. The van der Waals surface area contributed by atoms with Crippen LogP contribution >= 0.6 is 0 Å². The second kappa shape index (κ2) is 5.20. The molecule has 2 bridgehead atoms. The van der Waals surface area contributed by atoms with Crippen molar-refractivity contribution in [1.29, 1.82) is 0 Å². The minimum absolute atomic E-state index is 0.0594. The number of sulfonamides is 1. The molecule has 0 radical (unpaired) electrons. The Bertz CT molecular complexity index is 951. The fraction of sp³-hybridized carbons (Fsp3) is 0.550. The van der Waals surface area contributed by atoms with Crippen LogP contribution in [0.5, 0.6) is 0 Å². The Morgan fingerprint density at radius 1 is 1.27 bits per heavy atom. The molecule has 3 fully saturated rings. The molecule has 3 atom stereocenters. The maximum absolute atomic E-state index is 13.1. The molecule has 6 heteroatoms. The van der Waals surface area contributed by atoms with Gasteiger partial charge in [-0.15, -0.1) is 0 Å². The molecule has 2 heterocycles. The summed E-state index contributed by atoms with van der Waals surface area (Å²) in [5, 5.41) is 4.28. The molecule has 1 aromatic heterocycles. The molecule has 1 aromatic carbocycles. The van der Waals surface area contributed by atoms with Gasteiger partial charge in [-0.25, -0.2) is 13.1 Å². The molecule has 0 N–H and O–H groups in total. The Balaban J connectivity index is 1.49. The molecular formula is C20H25N3O2S. The Labute approximate surface area is 155 Å². The predicted octanol–water partition coefficient (Wildman–Crippen LogP) is 3.21. The van der Waals surface area contributed by atoms with Crippen molar-refractivity contribution in [3.63, 3.8) is 0 Å². The van der Waals surface area contributed by atoms with Crippen molar-refractivity contribution in [3.8, 4) is 5.69 Å². The van der Waals surface area contributed by atoms with Crippen LogP contribution < -0.4 is 0 Å². The van der Waals surface area contributed by atoms with E-state index in [1.54, 1.807) is 6.20 Å². The largest absolute Gasteiger partial charge is 0.241 e. The number of hydrogen-bond donors (Lipinski definition) is 0. The number of hydrogen-bond acceptors (Lipinski definition) is 3. The molecule has 2 aromatic rings. The van der Waals surface area contributed by atoms with E-state index in [-0.39, 0.29) is 16.9 Å². The predicted molar refractivity (Wildman–Crippen MR) is 100 cm³/mol. The zero-order chi connectivity index (χ0) is 18.2. The van der Waals surface area contributed by atoms with Gasteiger partial charge in [-0.1, -0.05) is 26.0 Å². The van der Waals surface area contributed by atoms with E-state index in [1.165, 1.54) is 6.42 Å². The summed E-state index contributed by atoms with van der Waals surface area (Å²) in [5.74, 6) is 0.980. The van der Waals surface area contributed by atoms with E-state index in [0.717, 1.165) is 24.1 Å². The Kier molecular flexibility index (Phi) is 3.30. The van der Waals surface area contributed by atoms with Crippen molar-refractivity contribution in [2.45, 2.75) is 45.7 Å². The fourth-order valence-corrected chi connectivity index (χ4v) is 8.53. The number of nitrogens with zero attached hydrogens (tertiary/aromatic N) is 3. The first kappa shape index (κ1) is 16.5. The molecule has 2 aliphatic carbocycles. The van der Waals surface area contributed by atoms with Crippen molar-refractivity contribution in [1.82, 2.24) is 14.1 Å². The van der Waals surface area contributed by atoms with Crippen LogP contribution in [0.2, 0.25) is 0 Å². The Morgan fingerprint density at radius 3 is 2.85 bits per heavy atom. The van der Waals surface area contributed by atoms with Gasteiger partial charge in [-0.05, 0) is 54.4 Å². The first-order valence-corrected chi connectivity index (χ1v) is 11.0. The van der Waals surface area contributed by atoms with Crippen molar-refractivity contribution in [2.24, 2.45) is 16.7 Å². The molecule has 1 aliphatic heterocycles. The van der Waals surface area contributed by atoms with Crippen molar-refractivity contribution < 1.29 is 8.42 Å². The van der Waals surface area contributed by atoms with Crippen LogP contribution in [0, 0.1) is 16.7 Å². The van der Waals surface area contributed by atoms with Crippen molar-refractivity contribution >= 4 is 10.0 Å². The topological polar surface area (TPSA) is 55.2 Å². The highest BCUT2D eigenvalue weighted by atomic mass is 32.2. The molecule has 1 spiro atoms. The zero-order valence-electron chi connectivity index (χ0n) is 15.3. The molecule has 1 saturated heterocycles. The quantitative estimate of drug-likeness (QED) is 0.832. The third kappa shape index (κ3) is 2.06. The van der Waals surface area contributed by atoms with E-state index in [1.807, 2.05) is 45.5 Å². The first-order chi connectivity index (χ1) is 12.3. The van der Waals surface area contributed by atoms with Crippen LogP contribution in [-0.2, 0) is 16.6 Å². The van der Waals surface area contributed by atoms with E-state index in [2.05, 4.69) is 18.9 Å². The molecule has 2 saturated carbocycles. The molecular weight excluding hydrogens is 346 g/mol. The average molecular weight is 372 g/mol. The van der Waals surface area contributed by atoms with Gasteiger partial charge in [-0.3, -0.25) is 0 Å². The van der Waals surface area contributed by atoms with Crippen LogP contribution in [0.4, 0.5) is 0 Å². The lowest BCUT2D eigenvalue weighted by Gasteiger charge is -2.37. The van der Waals surface area contributed by atoms with Crippen LogP contribution in [0.25, 0.3) is 5.69 Å². The van der Waals surface area contributed by atoms with E-state index in [9.17, 15) is 8.42 Å². The van der Waals surface area contributed by atoms with E-state index in [0.29, 0.717) is 18.2 Å². The highest BCUT2D eigenvalue weighted by molar-refractivity contribution is 7.89. The van der Waals surface area contributed by atoms with Crippen LogP contribution in [0.1, 0.15) is 38.7 Å². The fourth-order valence-electron chi connectivity index (χ4n) is 5.98. The van der Waals surface area contributed by atoms with Gasteiger partial charge >= 0.3 is 0 Å². The first-order valence-electron chi connectivity index (χ1n) is 9.42. The lowest BCUT2D eigenvalue weighted by atomic mass is 9.69. The number of rotatable bonds is 3. The summed E-state index contributed by atoms with van der Waals surface area (Å²) in [7, 11) is -3.22. The summed E-state index contributed by atoms with van der Waals surface area (Å²) in [4.78, 5) is 0. The summed E-state index contributed by atoms with van der Waals surface area (Å²) in [5.41, 5.74) is 2.05. The molecule has 3 aliphatic rings.